The Morgan fingerprint density at radius 3 is 2.77 bits per heavy atom. The van der Waals surface area contributed by atoms with Gasteiger partial charge in [0.05, 0.1) is 11.5 Å². The molecule has 13 heavy (non-hydrogen) atoms. The Kier molecular flexibility index (Phi) is 1.70. The zero-order chi connectivity index (χ0) is 9.31. The lowest BCUT2D eigenvalue weighted by atomic mass is 9.96. The fraction of sp³-hybridized carbons (Fsp3) is 0.250. The van der Waals surface area contributed by atoms with Gasteiger partial charge < -0.3 is 0 Å². The van der Waals surface area contributed by atoms with Gasteiger partial charge in [-0.15, -0.1) is 0 Å². The van der Waals surface area contributed by atoms with Crippen molar-refractivity contribution in [3.63, 3.8) is 0 Å². The monoisotopic (exact) mass is 169 g/mol. The Bertz CT molecular complexity index is 380. The Hall–Kier alpha value is -1.55. The van der Waals surface area contributed by atoms with Crippen molar-refractivity contribution >= 4 is 6.08 Å². The van der Waals surface area contributed by atoms with Gasteiger partial charge >= 0.3 is 0 Å². The van der Waals surface area contributed by atoms with E-state index >= 15 is 0 Å². The number of hydrogen-bond acceptors (Lipinski definition) is 1. The average molecular weight is 169 g/mol. The SMILES string of the molecule is C=Cc1cccc(C2(C#N)CC2)c1. The van der Waals surface area contributed by atoms with Gasteiger partial charge in [-0.05, 0) is 24.0 Å². The van der Waals surface area contributed by atoms with Crippen LogP contribution in [0.3, 0.4) is 0 Å². The molecule has 0 aliphatic heterocycles. The summed E-state index contributed by atoms with van der Waals surface area (Å²) >= 11 is 0. The molecule has 64 valence electrons. The molecular formula is C12H11N. The van der Waals surface area contributed by atoms with E-state index in [1.807, 2.05) is 24.3 Å². The molecule has 1 aromatic carbocycles. The van der Waals surface area contributed by atoms with E-state index in [-0.39, 0.29) is 5.41 Å². The van der Waals surface area contributed by atoms with Gasteiger partial charge in [-0.2, -0.15) is 5.26 Å². The summed E-state index contributed by atoms with van der Waals surface area (Å²) in [6.07, 6.45) is 3.82. The number of hydrogen-bond donors (Lipinski definition) is 0. The van der Waals surface area contributed by atoms with Crippen LogP contribution < -0.4 is 0 Å². The van der Waals surface area contributed by atoms with E-state index in [0.29, 0.717) is 0 Å². The largest absolute Gasteiger partial charge is 0.197 e. The van der Waals surface area contributed by atoms with Gasteiger partial charge in [0.15, 0.2) is 0 Å². The van der Waals surface area contributed by atoms with Crippen molar-refractivity contribution in [1.29, 1.82) is 5.26 Å². The molecule has 0 unspecified atom stereocenters. The molecule has 0 saturated heterocycles. The lowest BCUT2D eigenvalue weighted by Gasteiger charge is -2.06. The predicted molar refractivity (Wildman–Crippen MR) is 53.1 cm³/mol. The Labute approximate surface area is 78.3 Å². The molecule has 1 aromatic rings. The summed E-state index contributed by atoms with van der Waals surface area (Å²) in [6, 6.07) is 10.5. The van der Waals surface area contributed by atoms with Crippen LogP contribution in [-0.4, -0.2) is 0 Å². The quantitative estimate of drug-likeness (QED) is 0.667. The molecule has 0 aromatic heterocycles. The minimum atomic E-state index is -0.168. The van der Waals surface area contributed by atoms with Gasteiger partial charge in [-0.25, -0.2) is 0 Å². The van der Waals surface area contributed by atoms with Crippen LogP contribution in [0.15, 0.2) is 30.8 Å². The molecule has 0 heterocycles. The van der Waals surface area contributed by atoms with Crippen molar-refractivity contribution < 1.29 is 0 Å². The summed E-state index contributed by atoms with van der Waals surface area (Å²) < 4.78 is 0. The van der Waals surface area contributed by atoms with Gasteiger partial charge in [0.2, 0.25) is 0 Å². The highest BCUT2D eigenvalue weighted by atomic mass is 14.5. The first-order valence-electron chi connectivity index (χ1n) is 4.45. The lowest BCUT2D eigenvalue weighted by Crippen LogP contribution is -2.01. The summed E-state index contributed by atoms with van der Waals surface area (Å²) in [5.74, 6) is 0. The fourth-order valence-corrected chi connectivity index (χ4v) is 1.55. The van der Waals surface area contributed by atoms with Crippen molar-refractivity contribution in [2.45, 2.75) is 18.3 Å². The van der Waals surface area contributed by atoms with Crippen LogP contribution in [0.25, 0.3) is 6.08 Å². The van der Waals surface area contributed by atoms with Gasteiger partial charge in [-0.3, -0.25) is 0 Å². The van der Waals surface area contributed by atoms with E-state index in [1.165, 1.54) is 0 Å². The second-order valence-corrected chi connectivity index (χ2v) is 3.52. The third-order valence-corrected chi connectivity index (χ3v) is 2.64. The maximum atomic E-state index is 9.00. The molecule has 1 nitrogen and oxygen atoms in total. The maximum Gasteiger partial charge on any atom is 0.0824 e. The third-order valence-electron chi connectivity index (χ3n) is 2.64. The summed E-state index contributed by atoms with van der Waals surface area (Å²) in [4.78, 5) is 0. The first-order chi connectivity index (χ1) is 6.30. The van der Waals surface area contributed by atoms with Gasteiger partial charge in [-0.1, -0.05) is 36.9 Å². The van der Waals surface area contributed by atoms with Crippen molar-refractivity contribution in [2.75, 3.05) is 0 Å². The smallest absolute Gasteiger partial charge is 0.0824 e. The topological polar surface area (TPSA) is 23.8 Å². The summed E-state index contributed by atoms with van der Waals surface area (Å²) in [5, 5.41) is 9.00. The van der Waals surface area contributed by atoms with Gasteiger partial charge in [0, 0.05) is 0 Å². The second-order valence-electron chi connectivity index (χ2n) is 3.52. The van der Waals surface area contributed by atoms with E-state index in [4.69, 9.17) is 5.26 Å². The highest BCUT2D eigenvalue weighted by molar-refractivity contribution is 5.51. The van der Waals surface area contributed by atoms with Crippen LogP contribution in [0.1, 0.15) is 24.0 Å². The normalized spacial score (nSPS) is 17.5. The van der Waals surface area contributed by atoms with Crippen LogP contribution in [0.5, 0.6) is 0 Å². The number of nitrogens with zero attached hydrogens (tertiary/aromatic N) is 1. The minimum Gasteiger partial charge on any atom is -0.197 e. The molecule has 2 rings (SSSR count). The fourth-order valence-electron chi connectivity index (χ4n) is 1.55. The summed E-state index contributed by atoms with van der Waals surface area (Å²) in [6.45, 7) is 3.72. The molecule has 0 spiro atoms. The predicted octanol–water partition coefficient (Wildman–Crippen LogP) is 2.88. The Balaban J connectivity index is 2.42. The standard InChI is InChI=1S/C12H11N/c1-2-10-4-3-5-11(8-10)12(9-13)6-7-12/h2-5,8H,1,6-7H2. The second kappa shape index (κ2) is 2.74. The third kappa shape index (κ3) is 1.25. The zero-order valence-electron chi connectivity index (χ0n) is 7.46. The first kappa shape index (κ1) is 8.07. The number of rotatable bonds is 2. The van der Waals surface area contributed by atoms with Crippen LogP contribution in [0, 0.1) is 11.3 Å². The minimum absolute atomic E-state index is 0.168. The molecule has 1 heteroatoms. The van der Waals surface area contributed by atoms with E-state index < -0.39 is 0 Å². The van der Waals surface area contributed by atoms with E-state index in [0.717, 1.165) is 24.0 Å². The molecule has 1 fully saturated rings. The molecule has 0 radical (unpaired) electrons. The summed E-state index contributed by atoms with van der Waals surface area (Å²) in [5.41, 5.74) is 2.07. The van der Waals surface area contributed by atoms with E-state index in [1.54, 1.807) is 0 Å². The average Bonchev–Trinajstić information content (AvgIpc) is 2.99. The first-order valence-corrected chi connectivity index (χ1v) is 4.45. The Morgan fingerprint density at radius 2 is 2.23 bits per heavy atom. The van der Waals surface area contributed by atoms with Gasteiger partial charge in [0.25, 0.3) is 0 Å². The van der Waals surface area contributed by atoms with Crippen LogP contribution in [0.2, 0.25) is 0 Å². The highest BCUT2D eigenvalue weighted by Gasteiger charge is 2.44. The van der Waals surface area contributed by atoms with Gasteiger partial charge in [0.1, 0.15) is 0 Å². The van der Waals surface area contributed by atoms with Crippen molar-refractivity contribution in [1.82, 2.24) is 0 Å². The van der Waals surface area contributed by atoms with Crippen molar-refractivity contribution in [3.8, 4) is 6.07 Å². The van der Waals surface area contributed by atoms with E-state index in [2.05, 4.69) is 18.7 Å². The summed E-state index contributed by atoms with van der Waals surface area (Å²) in [7, 11) is 0. The highest BCUT2D eigenvalue weighted by Crippen LogP contribution is 2.47. The van der Waals surface area contributed by atoms with E-state index in [9.17, 15) is 0 Å². The maximum absolute atomic E-state index is 9.00. The zero-order valence-corrected chi connectivity index (χ0v) is 7.46. The van der Waals surface area contributed by atoms with Crippen molar-refractivity contribution in [3.05, 3.63) is 42.0 Å². The Morgan fingerprint density at radius 1 is 1.46 bits per heavy atom. The van der Waals surface area contributed by atoms with Crippen LogP contribution in [0.4, 0.5) is 0 Å². The molecule has 0 bridgehead atoms. The van der Waals surface area contributed by atoms with Crippen molar-refractivity contribution in [2.24, 2.45) is 0 Å². The molecular weight excluding hydrogens is 158 g/mol. The lowest BCUT2D eigenvalue weighted by molar-refractivity contribution is 0.908. The molecule has 0 N–H and O–H groups in total. The van der Waals surface area contributed by atoms with Crippen LogP contribution in [-0.2, 0) is 5.41 Å². The van der Waals surface area contributed by atoms with Crippen LogP contribution >= 0.6 is 0 Å². The molecule has 1 aliphatic rings. The number of benzene rings is 1. The molecule has 1 saturated carbocycles. The molecule has 0 atom stereocenters. The number of nitriles is 1. The molecule has 1 aliphatic carbocycles. The molecule has 0 amide bonds.